The van der Waals surface area contributed by atoms with E-state index in [-0.39, 0.29) is 5.56 Å². The second-order valence-electron chi connectivity index (χ2n) is 4.58. The van der Waals surface area contributed by atoms with Crippen molar-refractivity contribution in [1.82, 2.24) is 4.57 Å². The molecule has 0 N–H and O–H groups in total. The zero-order valence-corrected chi connectivity index (χ0v) is 11.2. The largest absolute Gasteiger partial charge is 0.284 e. The number of rotatable bonds is 3. The Labute approximate surface area is 108 Å². The van der Waals surface area contributed by atoms with Gasteiger partial charge in [-0.1, -0.05) is 32.0 Å². The topological polar surface area (TPSA) is 22.0 Å². The fraction of sp³-hybridized carbons (Fsp3) is 0.312. The molecule has 2 heteroatoms. The normalized spacial score (nSPS) is 10.6. The Morgan fingerprint density at radius 1 is 1.06 bits per heavy atom. The highest BCUT2D eigenvalue weighted by Crippen LogP contribution is 2.17. The summed E-state index contributed by atoms with van der Waals surface area (Å²) in [5.74, 6) is 0. The quantitative estimate of drug-likeness (QED) is 0.808. The maximum atomic E-state index is 12.0. The van der Waals surface area contributed by atoms with E-state index in [4.69, 9.17) is 0 Å². The predicted octanol–water partition coefficient (Wildman–Crippen LogP) is 3.27. The third-order valence-corrected chi connectivity index (χ3v) is 3.25. The molecule has 94 valence electrons. The highest BCUT2D eigenvalue weighted by molar-refractivity contribution is 5.44. The van der Waals surface area contributed by atoms with Crippen LogP contribution in [0.2, 0.25) is 0 Å². The van der Waals surface area contributed by atoms with Crippen LogP contribution < -0.4 is 5.56 Å². The second-order valence-corrected chi connectivity index (χ2v) is 4.58. The number of pyridine rings is 1. The molecule has 0 fully saturated rings. The van der Waals surface area contributed by atoms with Crippen molar-refractivity contribution in [1.29, 1.82) is 0 Å². The summed E-state index contributed by atoms with van der Waals surface area (Å²) in [4.78, 5) is 12.0. The van der Waals surface area contributed by atoms with Gasteiger partial charge in [-0.3, -0.25) is 9.36 Å². The number of benzene rings is 1. The molecular weight excluding hydrogens is 222 g/mol. The van der Waals surface area contributed by atoms with Crippen molar-refractivity contribution in [2.45, 2.75) is 33.6 Å². The van der Waals surface area contributed by atoms with Crippen molar-refractivity contribution in [3.63, 3.8) is 0 Å². The van der Waals surface area contributed by atoms with E-state index in [1.807, 2.05) is 19.2 Å². The minimum absolute atomic E-state index is 0.0274. The average Bonchev–Trinajstić information content (AvgIpc) is 2.41. The number of aryl methyl sites for hydroxylation is 3. The van der Waals surface area contributed by atoms with E-state index < -0.39 is 0 Å². The molecule has 1 heterocycles. The first-order valence-electron chi connectivity index (χ1n) is 6.47. The molecule has 0 aliphatic carbocycles. The summed E-state index contributed by atoms with van der Waals surface area (Å²) >= 11 is 0. The van der Waals surface area contributed by atoms with Gasteiger partial charge in [0.2, 0.25) is 0 Å². The zero-order chi connectivity index (χ0) is 13.1. The lowest BCUT2D eigenvalue weighted by atomic mass is 10.0. The van der Waals surface area contributed by atoms with Crippen molar-refractivity contribution in [3.8, 4) is 5.69 Å². The molecule has 2 nitrogen and oxygen atoms in total. The first-order chi connectivity index (χ1) is 8.65. The number of nitrogens with zero attached hydrogens (tertiary/aromatic N) is 1. The monoisotopic (exact) mass is 241 g/mol. The van der Waals surface area contributed by atoms with Crippen LogP contribution >= 0.6 is 0 Å². The molecule has 0 unspecified atom stereocenters. The fourth-order valence-corrected chi connectivity index (χ4v) is 2.16. The molecular formula is C16H19NO. The highest BCUT2D eigenvalue weighted by Gasteiger charge is 2.06. The summed E-state index contributed by atoms with van der Waals surface area (Å²) in [5, 5.41) is 0. The molecule has 2 rings (SSSR count). The van der Waals surface area contributed by atoms with Gasteiger partial charge in [-0.05, 0) is 42.5 Å². The Morgan fingerprint density at radius 2 is 1.83 bits per heavy atom. The highest BCUT2D eigenvalue weighted by atomic mass is 16.1. The molecule has 0 saturated carbocycles. The Hall–Kier alpha value is -1.83. The summed E-state index contributed by atoms with van der Waals surface area (Å²) in [6.45, 7) is 6.27. The lowest BCUT2D eigenvalue weighted by molar-refractivity contribution is 0.940. The van der Waals surface area contributed by atoms with Crippen molar-refractivity contribution in [3.05, 3.63) is 63.6 Å². The molecule has 0 saturated heterocycles. The summed E-state index contributed by atoms with van der Waals surface area (Å²) in [6.07, 6.45) is 3.86. The molecule has 0 aliphatic rings. The molecule has 2 aromatic rings. The molecule has 0 atom stereocenters. The predicted molar refractivity (Wildman–Crippen MR) is 75.5 cm³/mol. The minimum atomic E-state index is 0.0274. The van der Waals surface area contributed by atoms with Gasteiger partial charge in [-0.15, -0.1) is 0 Å². The summed E-state index contributed by atoms with van der Waals surface area (Å²) in [5.41, 5.74) is 4.66. The average molecular weight is 241 g/mol. The minimum Gasteiger partial charge on any atom is -0.284 e. The lowest BCUT2D eigenvalue weighted by Gasteiger charge is -2.12. The van der Waals surface area contributed by atoms with Crippen LogP contribution in [0.4, 0.5) is 0 Å². The van der Waals surface area contributed by atoms with Crippen LogP contribution in [0.5, 0.6) is 0 Å². The smallest absolute Gasteiger partial charge is 0.255 e. The first-order valence-corrected chi connectivity index (χ1v) is 6.47. The van der Waals surface area contributed by atoms with Crippen LogP contribution in [-0.2, 0) is 12.8 Å². The molecule has 0 radical (unpaired) electrons. The van der Waals surface area contributed by atoms with Crippen molar-refractivity contribution in [2.24, 2.45) is 0 Å². The van der Waals surface area contributed by atoms with Crippen LogP contribution in [0.15, 0.2) is 41.3 Å². The number of hydrogen-bond acceptors (Lipinski definition) is 1. The summed E-state index contributed by atoms with van der Waals surface area (Å²) in [6, 6.07) is 9.83. The van der Waals surface area contributed by atoms with Gasteiger partial charge >= 0.3 is 0 Å². The van der Waals surface area contributed by atoms with Crippen molar-refractivity contribution >= 4 is 0 Å². The van der Waals surface area contributed by atoms with Gasteiger partial charge in [0, 0.05) is 12.3 Å². The maximum absolute atomic E-state index is 12.0. The van der Waals surface area contributed by atoms with Gasteiger partial charge in [-0.25, -0.2) is 0 Å². The van der Waals surface area contributed by atoms with Gasteiger partial charge in [-0.2, -0.15) is 0 Å². The van der Waals surface area contributed by atoms with Gasteiger partial charge < -0.3 is 0 Å². The van der Waals surface area contributed by atoms with E-state index in [1.54, 1.807) is 10.6 Å². The molecule has 1 aromatic heterocycles. The molecule has 0 bridgehead atoms. The maximum Gasteiger partial charge on any atom is 0.255 e. The van der Waals surface area contributed by atoms with E-state index in [0.717, 1.165) is 24.1 Å². The van der Waals surface area contributed by atoms with E-state index in [0.29, 0.717) is 0 Å². The van der Waals surface area contributed by atoms with Gasteiger partial charge in [0.15, 0.2) is 0 Å². The van der Waals surface area contributed by atoms with Gasteiger partial charge in [0.1, 0.15) is 0 Å². The van der Waals surface area contributed by atoms with E-state index in [1.165, 1.54) is 11.1 Å². The van der Waals surface area contributed by atoms with E-state index >= 15 is 0 Å². The fourth-order valence-electron chi connectivity index (χ4n) is 2.16. The van der Waals surface area contributed by atoms with Crippen LogP contribution in [-0.4, -0.2) is 4.57 Å². The zero-order valence-electron chi connectivity index (χ0n) is 11.2. The lowest BCUT2D eigenvalue weighted by Crippen LogP contribution is -2.18. The standard InChI is InChI=1S/C16H19NO/c1-4-13-7-8-15(14(5-2)10-13)17-11-12(3)6-9-16(17)18/h6-11H,4-5H2,1-3H3. The summed E-state index contributed by atoms with van der Waals surface area (Å²) < 4.78 is 1.74. The van der Waals surface area contributed by atoms with Crippen LogP contribution in [0.25, 0.3) is 5.69 Å². The Kier molecular flexibility index (Phi) is 3.66. The molecule has 0 spiro atoms. The van der Waals surface area contributed by atoms with E-state index in [9.17, 15) is 4.79 Å². The van der Waals surface area contributed by atoms with Crippen LogP contribution in [0, 0.1) is 6.92 Å². The number of aromatic nitrogens is 1. The molecule has 1 aromatic carbocycles. The SMILES string of the molecule is CCc1ccc(-n2cc(C)ccc2=O)c(CC)c1. The Morgan fingerprint density at radius 3 is 2.50 bits per heavy atom. The first kappa shape index (κ1) is 12.6. The Balaban J connectivity index is 2.63. The van der Waals surface area contributed by atoms with Crippen molar-refractivity contribution in [2.75, 3.05) is 0 Å². The van der Waals surface area contributed by atoms with Gasteiger partial charge in [0.25, 0.3) is 5.56 Å². The second kappa shape index (κ2) is 5.21. The third-order valence-electron chi connectivity index (χ3n) is 3.25. The van der Waals surface area contributed by atoms with Crippen LogP contribution in [0.1, 0.15) is 30.5 Å². The molecule has 0 aliphatic heterocycles. The van der Waals surface area contributed by atoms with E-state index in [2.05, 4.69) is 32.0 Å². The molecule has 18 heavy (non-hydrogen) atoms. The Bertz CT molecular complexity index is 611. The third kappa shape index (κ3) is 2.37. The summed E-state index contributed by atoms with van der Waals surface area (Å²) in [7, 11) is 0. The van der Waals surface area contributed by atoms with Crippen LogP contribution in [0.3, 0.4) is 0 Å². The van der Waals surface area contributed by atoms with Gasteiger partial charge in [0.05, 0.1) is 5.69 Å². The number of hydrogen-bond donors (Lipinski definition) is 0. The molecule has 0 amide bonds. The van der Waals surface area contributed by atoms with Crippen molar-refractivity contribution < 1.29 is 0 Å².